The molecule has 4 aromatic rings. The fourth-order valence-corrected chi connectivity index (χ4v) is 3.36. The van der Waals surface area contributed by atoms with Gasteiger partial charge in [0.2, 0.25) is 0 Å². The van der Waals surface area contributed by atoms with Crippen LogP contribution in [-0.2, 0) is 0 Å². The van der Waals surface area contributed by atoms with Crippen LogP contribution in [-0.4, -0.2) is 9.55 Å². The summed E-state index contributed by atoms with van der Waals surface area (Å²) in [5.41, 5.74) is -1.13. The number of imidazole rings is 1. The molecule has 4 rings (SSSR count). The third kappa shape index (κ3) is 3.75. The molecule has 0 saturated carbocycles. The first-order valence-electron chi connectivity index (χ1n) is 16.0. The van der Waals surface area contributed by atoms with Crippen molar-refractivity contribution in [3.8, 4) is 28.2 Å². The van der Waals surface area contributed by atoms with Gasteiger partial charge in [0.1, 0.15) is 5.82 Å². The Morgan fingerprint density at radius 2 is 1.31 bits per heavy atom. The van der Waals surface area contributed by atoms with Crippen LogP contribution in [0.15, 0.2) is 85.2 Å². The van der Waals surface area contributed by atoms with E-state index in [1.807, 2.05) is 0 Å². The van der Waals surface area contributed by atoms with Crippen molar-refractivity contribution in [2.75, 3.05) is 0 Å². The molecule has 0 aliphatic heterocycles. The Hall–Kier alpha value is -3.13. The molecule has 1 aromatic heterocycles. The lowest BCUT2D eigenvalue weighted by molar-refractivity contribution is 0.807. The summed E-state index contributed by atoms with van der Waals surface area (Å²) in [5.74, 6) is -6.73. The molecule has 146 valence electrons. The van der Waals surface area contributed by atoms with Gasteiger partial charge in [0.05, 0.1) is 5.69 Å². The smallest absolute Gasteiger partial charge is 0.144 e. The minimum absolute atomic E-state index is 0.0333. The van der Waals surface area contributed by atoms with Crippen molar-refractivity contribution in [2.45, 2.75) is 39.2 Å². The van der Waals surface area contributed by atoms with Gasteiger partial charge in [0, 0.05) is 37.1 Å². The first kappa shape index (κ1) is 8.71. The van der Waals surface area contributed by atoms with E-state index in [1.54, 1.807) is 60.7 Å². The quantitative estimate of drug-likeness (QED) is 0.343. The van der Waals surface area contributed by atoms with Gasteiger partial charge in [-0.3, -0.25) is 4.57 Å². The monoisotopic (exact) mass is 394 g/mol. The van der Waals surface area contributed by atoms with E-state index in [0.29, 0.717) is 11.1 Å². The van der Waals surface area contributed by atoms with Gasteiger partial charge in [-0.25, -0.2) is 4.98 Å². The summed E-state index contributed by atoms with van der Waals surface area (Å²) >= 11 is 0. The van der Waals surface area contributed by atoms with Crippen LogP contribution in [0.3, 0.4) is 0 Å². The molecule has 29 heavy (non-hydrogen) atoms. The number of hydrogen-bond donors (Lipinski definition) is 0. The zero-order valence-electron chi connectivity index (χ0n) is 29.5. The Kier molecular flexibility index (Phi) is 2.43. The third-order valence-corrected chi connectivity index (χ3v) is 4.67. The Morgan fingerprint density at radius 1 is 0.759 bits per heavy atom. The molecule has 0 atom stereocenters. The number of hydrogen-bond acceptors (Lipinski definition) is 1. The van der Waals surface area contributed by atoms with Gasteiger partial charge in [-0.1, -0.05) is 88.1 Å². The second kappa shape index (κ2) is 8.08. The van der Waals surface area contributed by atoms with Gasteiger partial charge < -0.3 is 0 Å². The van der Waals surface area contributed by atoms with Crippen LogP contribution in [0.4, 0.5) is 0 Å². The van der Waals surface area contributed by atoms with Crippen LogP contribution < -0.4 is 0 Å². The van der Waals surface area contributed by atoms with Crippen molar-refractivity contribution >= 4 is 0 Å². The van der Waals surface area contributed by atoms with E-state index < -0.39 is 56.0 Å². The highest BCUT2D eigenvalue weighted by atomic mass is 15.1. The molecule has 0 radical (unpaired) electrons. The minimum Gasteiger partial charge on any atom is -0.299 e. The van der Waals surface area contributed by atoms with Crippen LogP contribution in [0.1, 0.15) is 69.5 Å². The molecule has 0 bridgehead atoms. The molecule has 0 amide bonds. The molecule has 0 unspecified atom stereocenters. The van der Waals surface area contributed by atoms with Crippen LogP contribution in [0, 0.1) is 0 Å². The topological polar surface area (TPSA) is 17.8 Å². The van der Waals surface area contributed by atoms with Gasteiger partial charge in [0.25, 0.3) is 0 Å². The van der Waals surface area contributed by atoms with Crippen molar-refractivity contribution in [1.82, 2.24) is 9.55 Å². The Bertz CT molecular complexity index is 1490. The van der Waals surface area contributed by atoms with Gasteiger partial charge in [-0.05, 0) is 46.2 Å². The first-order chi connectivity index (χ1) is 19.7. The third-order valence-electron chi connectivity index (χ3n) is 4.67. The summed E-state index contributed by atoms with van der Waals surface area (Å²) in [7, 11) is 0. The molecule has 2 nitrogen and oxygen atoms in total. The van der Waals surface area contributed by atoms with Crippen LogP contribution >= 0.6 is 0 Å². The maximum Gasteiger partial charge on any atom is 0.144 e. The Balaban J connectivity index is 2.35. The molecule has 2 heteroatoms. The van der Waals surface area contributed by atoms with Gasteiger partial charge in [-0.15, -0.1) is 0 Å². The van der Waals surface area contributed by atoms with E-state index in [9.17, 15) is 0 Å². The Labute approximate surface area is 193 Å². The van der Waals surface area contributed by atoms with Crippen molar-refractivity contribution in [2.24, 2.45) is 0 Å². The van der Waals surface area contributed by atoms with E-state index in [-0.39, 0.29) is 11.4 Å². The summed E-state index contributed by atoms with van der Waals surface area (Å²) in [6.45, 7) is -14.1. The second-order valence-corrected chi connectivity index (χ2v) is 6.52. The van der Waals surface area contributed by atoms with Gasteiger partial charge in [0.15, 0.2) is 0 Å². The summed E-state index contributed by atoms with van der Waals surface area (Å²) in [5, 5.41) is 0. The van der Waals surface area contributed by atoms with Crippen molar-refractivity contribution in [3.05, 3.63) is 96.3 Å². The predicted octanol–water partition coefficient (Wildman–Crippen LogP) is 7.45. The summed E-state index contributed by atoms with van der Waals surface area (Å²) < 4.78 is 119. The lowest BCUT2D eigenvalue weighted by Crippen LogP contribution is -2.08. The minimum atomic E-state index is -3.53. The number of nitrogens with zero attached hydrogens (tertiary/aromatic N) is 2. The highest BCUT2D eigenvalue weighted by Gasteiger charge is 2.20. The van der Waals surface area contributed by atoms with Crippen LogP contribution in [0.2, 0.25) is 0 Å². The van der Waals surface area contributed by atoms with Crippen molar-refractivity contribution in [3.63, 3.8) is 0 Å². The normalized spacial score (nSPS) is 21.0. The molecule has 0 aliphatic carbocycles. The first-order valence-corrected chi connectivity index (χ1v) is 9.00. The maximum absolute atomic E-state index is 9.15. The van der Waals surface area contributed by atoms with Crippen LogP contribution in [0.25, 0.3) is 28.2 Å². The molecule has 1 heterocycles. The highest BCUT2D eigenvalue weighted by molar-refractivity contribution is 5.71. The van der Waals surface area contributed by atoms with Crippen molar-refractivity contribution < 1.29 is 19.2 Å². The number of benzene rings is 3. The Morgan fingerprint density at radius 3 is 1.86 bits per heavy atom. The van der Waals surface area contributed by atoms with E-state index in [4.69, 9.17) is 19.2 Å². The fourth-order valence-electron chi connectivity index (χ4n) is 3.36. The molecule has 0 spiro atoms. The SMILES string of the molecule is [2H]C([2H])([2H])C([2H])(c1cc(-c2ccccc2)cc(C([2H])(C([2H])([2H])[2H])C([2H])([2H])[2H])c1-n1ccnc1-c1ccccc1)C([2H])([2H])[2H]. The fraction of sp³-hybridized carbons (Fsp3) is 0.222. The van der Waals surface area contributed by atoms with Crippen molar-refractivity contribution in [1.29, 1.82) is 0 Å². The zero-order chi connectivity index (χ0) is 32.2. The van der Waals surface area contributed by atoms with Gasteiger partial charge >= 0.3 is 0 Å². The lowest BCUT2D eigenvalue weighted by Gasteiger charge is -2.23. The molecule has 0 fully saturated rings. The second-order valence-electron chi connectivity index (χ2n) is 6.52. The summed E-state index contributed by atoms with van der Waals surface area (Å²) in [6, 6.07) is 18.7. The summed E-state index contributed by atoms with van der Waals surface area (Å²) in [6.07, 6.45) is 2.57. The molecule has 0 aliphatic rings. The standard InChI is InChI=1S/C27H28N2/c1-19(2)24-17-23(21-11-7-5-8-12-21)18-25(20(3)4)26(24)29-16-15-28-27(29)22-13-9-6-10-14-22/h5-20H,1-4H3/i1D3,2D3,3D3,4D3,19D,20D. The molecule has 3 aromatic carbocycles. The van der Waals surface area contributed by atoms with E-state index in [0.717, 1.165) is 16.7 Å². The predicted molar refractivity (Wildman–Crippen MR) is 123 cm³/mol. The zero-order valence-corrected chi connectivity index (χ0v) is 15.5. The number of rotatable bonds is 5. The molecule has 0 saturated heterocycles. The molecular formula is C27H28N2. The molecular weight excluding hydrogens is 352 g/mol. The summed E-state index contributed by atoms with van der Waals surface area (Å²) in [4.78, 5) is 4.32. The lowest BCUT2D eigenvalue weighted by atomic mass is 9.88. The van der Waals surface area contributed by atoms with E-state index >= 15 is 0 Å². The number of aromatic nitrogens is 2. The largest absolute Gasteiger partial charge is 0.299 e. The highest BCUT2D eigenvalue weighted by Crippen LogP contribution is 2.37. The van der Waals surface area contributed by atoms with Gasteiger partial charge in [-0.2, -0.15) is 0 Å². The van der Waals surface area contributed by atoms with Crippen LogP contribution in [0.5, 0.6) is 0 Å². The maximum atomic E-state index is 9.15. The average Bonchev–Trinajstić information content (AvgIpc) is 3.39. The molecule has 0 N–H and O–H groups in total. The van der Waals surface area contributed by atoms with E-state index in [2.05, 4.69) is 4.98 Å². The average molecular weight is 395 g/mol. The van der Waals surface area contributed by atoms with E-state index in [1.165, 1.54) is 12.4 Å².